The molecule has 1 heterocycles. The standard InChI is InChI=1S/C14H15NO2S/c1-2-3-9-15-13(16)10-12(14(15)17)18-11-7-5-4-6-8-11/h4-8,10H,2-3,9H2,1H3. The number of imide groups is 1. The van der Waals surface area contributed by atoms with Crippen molar-refractivity contribution in [2.75, 3.05) is 6.54 Å². The first-order chi connectivity index (χ1) is 8.72. The predicted molar refractivity (Wildman–Crippen MR) is 72.0 cm³/mol. The van der Waals surface area contributed by atoms with Gasteiger partial charge in [0.25, 0.3) is 11.8 Å². The largest absolute Gasteiger partial charge is 0.274 e. The zero-order chi connectivity index (χ0) is 13.0. The number of hydrogen-bond acceptors (Lipinski definition) is 3. The van der Waals surface area contributed by atoms with Gasteiger partial charge >= 0.3 is 0 Å². The van der Waals surface area contributed by atoms with Crippen LogP contribution in [0.4, 0.5) is 0 Å². The molecule has 0 bridgehead atoms. The van der Waals surface area contributed by atoms with Crippen molar-refractivity contribution in [1.29, 1.82) is 0 Å². The molecule has 0 spiro atoms. The summed E-state index contributed by atoms with van der Waals surface area (Å²) in [5.41, 5.74) is 0. The van der Waals surface area contributed by atoms with Crippen molar-refractivity contribution < 1.29 is 9.59 Å². The number of amides is 2. The van der Waals surface area contributed by atoms with Crippen molar-refractivity contribution in [3.8, 4) is 0 Å². The van der Waals surface area contributed by atoms with E-state index in [1.54, 1.807) is 0 Å². The molecule has 1 aliphatic heterocycles. The first-order valence-corrected chi connectivity index (χ1v) is 6.84. The van der Waals surface area contributed by atoms with Gasteiger partial charge in [-0.2, -0.15) is 0 Å². The summed E-state index contributed by atoms with van der Waals surface area (Å²) in [6.07, 6.45) is 3.27. The zero-order valence-corrected chi connectivity index (χ0v) is 11.1. The van der Waals surface area contributed by atoms with Crippen LogP contribution in [-0.4, -0.2) is 23.3 Å². The molecule has 0 fully saturated rings. The lowest BCUT2D eigenvalue weighted by molar-refractivity contribution is -0.136. The number of nitrogens with zero attached hydrogens (tertiary/aromatic N) is 1. The molecule has 0 atom stereocenters. The van der Waals surface area contributed by atoms with E-state index in [1.807, 2.05) is 37.3 Å². The smallest absolute Gasteiger partial charge is 0.267 e. The van der Waals surface area contributed by atoms with Gasteiger partial charge in [0.1, 0.15) is 0 Å². The molecule has 1 aliphatic rings. The minimum Gasteiger partial charge on any atom is -0.274 e. The van der Waals surface area contributed by atoms with E-state index in [0.29, 0.717) is 11.4 Å². The Labute approximate surface area is 111 Å². The van der Waals surface area contributed by atoms with Gasteiger partial charge in [0, 0.05) is 17.5 Å². The van der Waals surface area contributed by atoms with E-state index in [9.17, 15) is 9.59 Å². The second-order valence-electron chi connectivity index (χ2n) is 4.07. The fraction of sp³-hybridized carbons (Fsp3) is 0.286. The Bertz CT molecular complexity index is 482. The molecule has 2 rings (SSSR count). The number of thioether (sulfide) groups is 1. The van der Waals surface area contributed by atoms with E-state index in [4.69, 9.17) is 0 Å². The third-order valence-corrected chi connectivity index (χ3v) is 3.70. The minimum absolute atomic E-state index is 0.165. The molecule has 94 valence electrons. The van der Waals surface area contributed by atoms with Gasteiger partial charge in [-0.15, -0.1) is 0 Å². The molecular formula is C14H15NO2S. The van der Waals surface area contributed by atoms with Crippen molar-refractivity contribution in [1.82, 2.24) is 4.90 Å². The maximum atomic E-state index is 12.0. The zero-order valence-electron chi connectivity index (χ0n) is 10.3. The summed E-state index contributed by atoms with van der Waals surface area (Å²) >= 11 is 1.35. The average molecular weight is 261 g/mol. The summed E-state index contributed by atoms with van der Waals surface area (Å²) in [6.45, 7) is 2.56. The van der Waals surface area contributed by atoms with Crippen LogP contribution in [-0.2, 0) is 9.59 Å². The average Bonchev–Trinajstić information content (AvgIpc) is 2.64. The molecule has 0 saturated carbocycles. The molecular weight excluding hydrogens is 246 g/mol. The van der Waals surface area contributed by atoms with Gasteiger partial charge < -0.3 is 0 Å². The monoisotopic (exact) mass is 261 g/mol. The van der Waals surface area contributed by atoms with E-state index in [0.717, 1.165) is 17.7 Å². The fourth-order valence-corrected chi connectivity index (χ4v) is 2.61. The SMILES string of the molecule is CCCCN1C(=O)C=C(Sc2ccccc2)C1=O. The number of hydrogen-bond donors (Lipinski definition) is 0. The van der Waals surface area contributed by atoms with E-state index < -0.39 is 0 Å². The van der Waals surface area contributed by atoms with Gasteiger partial charge in [0.2, 0.25) is 0 Å². The lowest BCUT2D eigenvalue weighted by Crippen LogP contribution is -2.31. The molecule has 0 N–H and O–H groups in total. The van der Waals surface area contributed by atoms with Crippen LogP contribution in [0.3, 0.4) is 0 Å². The summed E-state index contributed by atoms with van der Waals surface area (Å²) in [5.74, 6) is -0.353. The number of benzene rings is 1. The highest BCUT2D eigenvalue weighted by molar-refractivity contribution is 8.04. The predicted octanol–water partition coefficient (Wildman–Crippen LogP) is 2.83. The summed E-state index contributed by atoms with van der Waals surface area (Å²) in [7, 11) is 0. The second-order valence-corrected chi connectivity index (χ2v) is 5.19. The van der Waals surface area contributed by atoms with Gasteiger partial charge in [-0.1, -0.05) is 43.3 Å². The number of rotatable bonds is 5. The van der Waals surface area contributed by atoms with Crippen molar-refractivity contribution in [2.45, 2.75) is 24.7 Å². The van der Waals surface area contributed by atoms with Gasteiger partial charge in [-0.25, -0.2) is 0 Å². The van der Waals surface area contributed by atoms with Gasteiger partial charge in [0.05, 0.1) is 4.91 Å². The Hall–Kier alpha value is -1.55. The topological polar surface area (TPSA) is 37.4 Å². The van der Waals surface area contributed by atoms with Crippen LogP contribution >= 0.6 is 11.8 Å². The van der Waals surface area contributed by atoms with Crippen LogP contribution in [0.5, 0.6) is 0 Å². The molecule has 0 radical (unpaired) electrons. The lowest BCUT2D eigenvalue weighted by atomic mass is 10.3. The van der Waals surface area contributed by atoms with Crippen LogP contribution in [0.2, 0.25) is 0 Å². The highest BCUT2D eigenvalue weighted by Gasteiger charge is 2.30. The molecule has 0 saturated heterocycles. The van der Waals surface area contributed by atoms with Crippen molar-refractivity contribution in [2.24, 2.45) is 0 Å². The van der Waals surface area contributed by atoms with Gasteiger partial charge in [-0.05, 0) is 18.6 Å². The van der Waals surface area contributed by atoms with E-state index in [2.05, 4.69) is 0 Å². The minimum atomic E-state index is -0.188. The van der Waals surface area contributed by atoms with Crippen LogP contribution in [0.25, 0.3) is 0 Å². The third-order valence-electron chi connectivity index (χ3n) is 2.68. The number of carbonyl (C=O) groups excluding carboxylic acids is 2. The maximum Gasteiger partial charge on any atom is 0.267 e. The highest BCUT2D eigenvalue weighted by Crippen LogP contribution is 2.31. The Morgan fingerprint density at radius 2 is 1.89 bits per heavy atom. The number of unbranched alkanes of at least 4 members (excludes halogenated alkanes) is 1. The Morgan fingerprint density at radius 3 is 2.56 bits per heavy atom. The maximum absolute atomic E-state index is 12.0. The van der Waals surface area contributed by atoms with E-state index in [1.165, 1.54) is 22.7 Å². The van der Waals surface area contributed by atoms with Gasteiger partial charge in [0.15, 0.2) is 0 Å². The molecule has 0 aromatic heterocycles. The lowest BCUT2D eigenvalue weighted by Gasteiger charge is -2.13. The summed E-state index contributed by atoms with van der Waals surface area (Å²) in [4.78, 5) is 26.6. The Balaban J connectivity index is 2.05. The molecule has 2 amide bonds. The molecule has 1 aromatic rings. The first-order valence-electron chi connectivity index (χ1n) is 6.03. The second kappa shape index (κ2) is 5.87. The summed E-state index contributed by atoms with van der Waals surface area (Å²) in [5, 5.41) is 0. The van der Waals surface area contributed by atoms with E-state index >= 15 is 0 Å². The quantitative estimate of drug-likeness (QED) is 0.765. The first kappa shape index (κ1) is 12.9. The molecule has 0 aliphatic carbocycles. The molecule has 1 aromatic carbocycles. The fourth-order valence-electron chi connectivity index (χ4n) is 1.70. The molecule has 18 heavy (non-hydrogen) atoms. The Kier molecular flexibility index (Phi) is 4.20. The van der Waals surface area contributed by atoms with Crippen LogP contribution in [0.1, 0.15) is 19.8 Å². The number of carbonyl (C=O) groups is 2. The molecule has 3 nitrogen and oxygen atoms in total. The third kappa shape index (κ3) is 2.82. The summed E-state index contributed by atoms with van der Waals surface area (Å²) in [6, 6.07) is 9.61. The normalized spacial score (nSPS) is 15.2. The Morgan fingerprint density at radius 1 is 1.17 bits per heavy atom. The van der Waals surface area contributed by atoms with E-state index in [-0.39, 0.29) is 11.8 Å². The highest BCUT2D eigenvalue weighted by atomic mass is 32.2. The van der Waals surface area contributed by atoms with Crippen molar-refractivity contribution in [3.63, 3.8) is 0 Å². The summed E-state index contributed by atoms with van der Waals surface area (Å²) < 4.78 is 0. The van der Waals surface area contributed by atoms with Crippen LogP contribution < -0.4 is 0 Å². The molecule has 4 heteroatoms. The van der Waals surface area contributed by atoms with Crippen LogP contribution in [0, 0.1) is 0 Å². The van der Waals surface area contributed by atoms with Gasteiger partial charge in [-0.3, -0.25) is 14.5 Å². The van der Waals surface area contributed by atoms with Crippen molar-refractivity contribution in [3.05, 3.63) is 41.3 Å². The molecule has 0 unspecified atom stereocenters. The van der Waals surface area contributed by atoms with Crippen molar-refractivity contribution >= 4 is 23.6 Å². The van der Waals surface area contributed by atoms with Crippen LogP contribution in [0.15, 0.2) is 46.2 Å².